The van der Waals surface area contributed by atoms with E-state index in [1.807, 2.05) is 0 Å². The number of hydrogen-bond acceptors (Lipinski definition) is 4. The van der Waals surface area contributed by atoms with Crippen molar-refractivity contribution in [2.75, 3.05) is 0 Å². The van der Waals surface area contributed by atoms with E-state index < -0.39 is 0 Å². The summed E-state index contributed by atoms with van der Waals surface area (Å²) in [5.74, 6) is 0.848. The zero-order chi connectivity index (χ0) is 34.0. The fourth-order valence-corrected chi connectivity index (χ4v) is 10.9. The highest BCUT2D eigenvalue weighted by molar-refractivity contribution is 7.25. The molecule has 13 rings (SSSR count). The van der Waals surface area contributed by atoms with E-state index in [0.29, 0.717) is 0 Å². The van der Waals surface area contributed by atoms with Crippen molar-refractivity contribution in [3.05, 3.63) is 139 Å². The molecule has 0 aliphatic heterocycles. The molecular weight excluding hydrogens is 655 g/mol. The molecule has 0 fully saturated rings. The van der Waals surface area contributed by atoms with Gasteiger partial charge in [-0.2, -0.15) is 0 Å². The van der Waals surface area contributed by atoms with Gasteiger partial charge in [0.1, 0.15) is 27.2 Å². The lowest BCUT2D eigenvalue weighted by atomic mass is 9.79. The van der Waals surface area contributed by atoms with E-state index in [4.69, 9.17) is 14.4 Å². The first-order valence-corrected chi connectivity index (χ1v) is 18.7. The SMILES string of the molecule is CC1(C)c2ccccc2-c2cccc(-c3nc4sc5ccccc5c4nc3-n3c4ccc5cccc6c5c4c4c5c(ccc43)oc3cccc-6c35)c21. The van der Waals surface area contributed by atoms with Crippen LogP contribution in [0.4, 0.5) is 0 Å². The normalized spacial score (nSPS) is 14.1. The summed E-state index contributed by atoms with van der Waals surface area (Å²) in [5.41, 5.74) is 14.5. The van der Waals surface area contributed by atoms with Gasteiger partial charge in [-0.25, -0.2) is 9.97 Å². The number of hydrogen-bond donors (Lipinski definition) is 0. The Bertz CT molecular complexity index is 3450. The fraction of sp³-hybridized carbons (Fsp3) is 0.0638. The summed E-state index contributed by atoms with van der Waals surface area (Å²) in [6, 6.07) is 46.3. The highest BCUT2D eigenvalue weighted by Gasteiger charge is 2.39. The van der Waals surface area contributed by atoms with Gasteiger partial charge in [-0.05, 0) is 74.5 Å². The van der Waals surface area contributed by atoms with Gasteiger partial charge in [-0.15, -0.1) is 11.3 Å². The Labute approximate surface area is 301 Å². The molecular formula is C47H27N3OS. The third kappa shape index (κ3) is 3.12. The summed E-state index contributed by atoms with van der Waals surface area (Å²) >= 11 is 1.72. The minimum Gasteiger partial charge on any atom is -0.456 e. The van der Waals surface area contributed by atoms with Crippen LogP contribution < -0.4 is 0 Å². The van der Waals surface area contributed by atoms with Crippen LogP contribution in [0.15, 0.2) is 132 Å². The van der Waals surface area contributed by atoms with E-state index in [1.165, 1.54) is 70.4 Å². The maximum atomic E-state index is 6.59. The summed E-state index contributed by atoms with van der Waals surface area (Å²) < 4.78 is 10.2. The molecule has 0 saturated heterocycles. The van der Waals surface area contributed by atoms with Crippen LogP contribution in [0.3, 0.4) is 0 Å². The molecule has 242 valence electrons. The smallest absolute Gasteiger partial charge is 0.165 e. The van der Waals surface area contributed by atoms with Crippen molar-refractivity contribution >= 4 is 86.3 Å². The molecule has 0 bridgehead atoms. The Balaban J connectivity index is 1.25. The molecule has 4 aromatic heterocycles. The molecule has 4 heterocycles. The second-order valence-corrected chi connectivity index (χ2v) is 15.9. The quantitative estimate of drug-likeness (QED) is 0.182. The molecule has 0 saturated carbocycles. The lowest BCUT2D eigenvalue weighted by Crippen LogP contribution is -2.17. The van der Waals surface area contributed by atoms with Crippen LogP contribution in [0.2, 0.25) is 0 Å². The molecule has 0 spiro atoms. The summed E-state index contributed by atoms with van der Waals surface area (Å²) in [6.45, 7) is 4.70. The molecule has 0 N–H and O–H groups in total. The van der Waals surface area contributed by atoms with Crippen molar-refractivity contribution in [3.63, 3.8) is 0 Å². The number of benzene rings is 7. The molecule has 5 heteroatoms. The van der Waals surface area contributed by atoms with Gasteiger partial charge in [0.15, 0.2) is 5.82 Å². The molecule has 0 amide bonds. The molecule has 0 unspecified atom stereocenters. The standard InChI is InChI=1S/C47H27N3OS/c1-47(2)31-17-5-3-11-25(31)28-15-8-16-30(42(28)47)43-45(48-44-29-12-4-6-19-36(29)52-46(44)49-43)50-32-21-20-24-10-7-13-26-27-14-9-18-34-38(27)41-35(51-34)23-22-33(50)40(41)39(32)37(24)26/h3-23H,1-2H3. The van der Waals surface area contributed by atoms with Crippen LogP contribution in [-0.2, 0) is 5.41 Å². The maximum absolute atomic E-state index is 6.59. The first-order valence-electron chi connectivity index (χ1n) is 17.8. The second-order valence-electron chi connectivity index (χ2n) is 14.9. The van der Waals surface area contributed by atoms with Crippen LogP contribution in [0, 0.1) is 0 Å². The second kappa shape index (κ2) is 9.13. The third-order valence-corrected chi connectivity index (χ3v) is 13.0. The first kappa shape index (κ1) is 27.4. The van der Waals surface area contributed by atoms with Gasteiger partial charge in [0.25, 0.3) is 0 Å². The van der Waals surface area contributed by atoms with E-state index in [-0.39, 0.29) is 5.41 Å². The molecule has 2 aliphatic rings. The molecule has 11 aromatic rings. The number of aromatic nitrogens is 3. The fourth-order valence-electron chi connectivity index (χ4n) is 9.85. The third-order valence-electron chi connectivity index (χ3n) is 11.9. The highest BCUT2D eigenvalue weighted by Crippen LogP contribution is 2.54. The topological polar surface area (TPSA) is 43.9 Å². The van der Waals surface area contributed by atoms with Gasteiger partial charge in [-0.1, -0.05) is 111 Å². The van der Waals surface area contributed by atoms with E-state index in [0.717, 1.165) is 55.0 Å². The van der Waals surface area contributed by atoms with Crippen molar-refractivity contribution < 1.29 is 4.42 Å². The monoisotopic (exact) mass is 681 g/mol. The number of furan rings is 1. The number of rotatable bonds is 2. The lowest BCUT2D eigenvalue weighted by Gasteiger charge is -2.25. The molecule has 52 heavy (non-hydrogen) atoms. The van der Waals surface area contributed by atoms with Gasteiger partial charge in [0.2, 0.25) is 0 Å². The Morgan fingerprint density at radius 1 is 0.558 bits per heavy atom. The van der Waals surface area contributed by atoms with Gasteiger partial charge in [0, 0.05) is 42.6 Å². The molecule has 4 nitrogen and oxygen atoms in total. The van der Waals surface area contributed by atoms with Crippen molar-refractivity contribution in [1.82, 2.24) is 14.5 Å². The minimum absolute atomic E-state index is 0.221. The van der Waals surface area contributed by atoms with Crippen LogP contribution in [0.5, 0.6) is 0 Å². The van der Waals surface area contributed by atoms with Gasteiger partial charge < -0.3 is 4.42 Å². The van der Waals surface area contributed by atoms with E-state index in [9.17, 15) is 0 Å². The Morgan fingerprint density at radius 3 is 2.17 bits per heavy atom. The predicted molar refractivity (Wildman–Crippen MR) is 216 cm³/mol. The summed E-state index contributed by atoms with van der Waals surface area (Å²) in [4.78, 5) is 12.3. The largest absolute Gasteiger partial charge is 0.456 e. The van der Waals surface area contributed by atoms with Crippen LogP contribution >= 0.6 is 11.3 Å². The molecule has 0 atom stereocenters. The summed E-state index contributed by atoms with van der Waals surface area (Å²) in [7, 11) is 0. The minimum atomic E-state index is -0.221. The highest BCUT2D eigenvalue weighted by atomic mass is 32.1. The first-order chi connectivity index (χ1) is 25.6. The van der Waals surface area contributed by atoms with Crippen LogP contribution in [0.25, 0.3) is 114 Å². The van der Waals surface area contributed by atoms with Gasteiger partial charge in [-0.3, -0.25) is 4.57 Å². The Hall–Kier alpha value is -6.30. The van der Waals surface area contributed by atoms with E-state index in [1.54, 1.807) is 11.3 Å². The number of thiophene rings is 1. The molecule has 7 aromatic carbocycles. The molecule has 0 radical (unpaired) electrons. The predicted octanol–water partition coefficient (Wildman–Crippen LogP) is 12.9. The maximum Gasteiger partial charge on any atom is 0.165 e. The Kier molecular flexibility index (Phi) is 4.81. The van der Waals surface area contributed by atoms with E-state index >= 15 is 0 Å². The average molecular weight is 682 g/mol. The number of nitrogens with zero attached hydrogens (tertiary/aromatic N) is 3. The van der Waals surface area contributed by atoms with Crippen LogP contribution in [0.1, 0.15) is 25.0 Å². The van der Waals surface area contributed by atoms with Crippen molar-refractivity contribution in [3.8, 4) is 39.3 Å². The van der Waals surface area contributed by atoms with E-state index in [2.05, 4.69) is 146 Å². The summed E-state index contributed by atoms with van der Waals surface area (Å²) in [6.07, 6.45) is 0. The average Bonchev–Trinajstić information content (AvgIpc) is 3.88. The Morgan fingerprint density at radius 2 is 1.25 bits per heavy atom. The lowest BCUT2D eigenvalue weighted by molar-refractivity contribution is 0.661. The molecule has 2 aliphatic carbocycles. The van der Waals surface area contributed by atoms with Crippen molar-refractivity contribution in [2.45, 2.75) is 19.3 Å². The zero-order valence-electron chi connectivity index (χ0n) is 28.3. The van der Waals surface area contributed by atoms with Crippen LogP contribution in [-0.4, -0.2) is 14.5 Å². The van der Waals surface area contributed by atoms with Gasteiger partial charge in [0.05, 0.1) is 11.0 Å². The zero-order valence-corrected chi connectivity index (χ0v) is 29.1. The van der Waals surface area contributed by atoms with Crippen molar-refractivity contribution in [1.29, 1.82) is 0 Å². The number of fused-ring (bicyclic) bond motifs is 7. The van der Waals surface area contributed by atoms with Crippen molar-refractivity contribution in [2.24, 2.45) is 0 Å². The summed E-state index contributed by atoms with van der Waals surface area (Å²) in [5, 5.41) is 8.43. The van der Waals surface area contributed by atoms with Gasteiger partial charge >= 0.3 is 0 Å².